The van der Waals surface area contributed by atoms with Gasteiger partial charge in [-0.1, -0.05) is 23.8 Å². The van der Waals surface area contributed by atoms with Gasteiger partial charge in [-0.15, -0.1) is 0 Å². The first-order valence-corrected chi connectivity index (χ1v) is 11.5. The van der Waals surface area contributed by atoms with Crippen LogP contribution < -0.4 is 20.3 Å². The van der Waals surface area contributed by atoms with Crippen LogP contribution in [-0.2, 0) is 17.9 Å². The molecule has 3 aromatic carbocycles. The first-order chi connectivity index (χ1) is 17.5. The Kier molecular flexibility index (Phi) is 6.16. The first kappa shape index (κ1) is 23.2. The highest BCUT2D eigenvalue weighted by molar-refractivity contribution is 6.06. The van der Waals surface area contributed by atoms with Gasteiger partial charge in [0, 0.05) is 11.1 Å². The number of benzene rings is 3. The number of rotatable bonds is 7. The summed E-state index contributed by atoms with van der Waals surface area (Å²) in [4.78, 5) is 31.3. The molecule has 0 saturated heterocycles. The van der Waals surface area contributed by atoms with E-state index in [4.69, 9.17) is 9.47 Å². The summed E-state index contributed by atoms with van der Waals surface area (Å²) < 4.78 is 13.7. The molecule has 1 amide bonds. The lowest BCUT2D eigenvalue weighted by atomic mass is 10.1. The third kappa shape index (κ3) is 4.40. The highest BCUT2D eigenvalue weighted by Gasteiger charge is 2.19. The maximum absolute atomic E-state index is 13.7. The Bertz CT molecular complexity index is 1620. The SMILES string of the molecule is COc1ccc(Cn2cnc3c4cc(C)ccc4n(CC(=O)Nc4ccc(OC)cc4)c3c2=O)cc1. The number of carbonyl (C=O) groups excluding carboxylic acids is 1. The quantitative estimate of drug-likeness (QED) is 0.372. The third-order valence-electron chi connectivity index (χ3n) is 6.17. The van der Waals surface area contributed by atoms with Crippen LogP contribution in [0.25, 0.3) is 21.9 Å². The van der Waals surface area contributed by atoms with Gasteiger partial charge < -0.3 is 19.4 Å². The van der Waals surface area contributed by atoms with Gasteiger partial charge in [-0.3, -0.25) is 14.2 Å². The number of aryl methyl sites for hydroxylation is 1. The summed E-state index contributed by atoms with van der Waals surface area (Å²) in [6.07, 6.45) is 1.57. The van der Waals surface area contributed by atoms with Crippen molar-refractivity contribution in [2.45, 2.75) is 20.0 Å². The molecule has 2 heterocycles. The number of methoxy groups -OCH3 is 2. The third-order valence-corrected chi connectivity index (χ3v) is 6.17. The Hall–Kier alpha value is -4.59. The van der Waals surface area contributed by atoms with Gasteiger partial charge in [-0.05, 0) is 61.0 Å². The molecule has 0 atom stereocenters. The van der Waals surface area contributed by atoms with Gasteiger partial charge in [0.25, 0.3) is 5.56 Å². The zero-order valence-corrected chi connectivity index (χ0v) is 20.3. The molecule has 2 aromatic heterocycles. The molecule has 0 spiro atoms. The van der Waals surface area contributed by atoms with Crippen LogP contribution in [0.5, 0.6) is 11.5 Å². The molecule has 5 rings (SSSR count). The maximum atomic E-state index is 13.7. The molecule has 0 radical (unpaired) electrons. The molecule has 5 aromatic rings. The maximum Gasteiger partial charge on any atom is 0.278 e. The minimum Gasteiger partial charge on any atom is -0.497 e. The number of aromatic nitrogens is 3. The molecule has 0 bridgehead atoms. The van der Waals surface area contributed by atoms with E-state index in [2.05, 4.69) is 10.3 Å². The van der Waals surface area contributed by atoms with Crippen molar-refractivity contribution >= 4 is 33.5 Å². The number of nitrogens with one attached hydrogen (secondary N) is 1. The fourth-order valence-corrected chi connectivity index (χ4v) is 4.34. The lowest BCUT2D eigenvalue weighted by Crippen LogP contribution is -2.25. The number of carbonyl (C=O) groups is 1. The Morgan fingerprint density at radius 3 is 2.28 bits per heavy atom. The summed E-state index contributed by atoms with van der Waals surface area (Å²) in [5.74, 6) is 1.21. The van der Waals surface area contributed by atoms with Crippen molar-refractivity contribution < 1.29 is 14.3 Å². The van der Waals surface area contributed by atoms with Crippen LogP contribution in [0.4, 0.5) is 5.69 Å². The van der Waals surface area contributed by atoms with Crippen molar-refractivity contribution in [2.75, 3.05) is 19.5 Å². The highest BCUT2D eigenvalue weighted by Crippen LogP contribution is 2.27. The van der Waals surface area contributed by atoms with Gasteiger partial charge in [0.1, 0.15) is 29.1 Å². The van der Waals surface area contributed by atoms with Crippen molar-refractivity contribution in [3.05, 3.63) is 94.5 Å². The molecular formula is C28H26N4O4. The summed E-state index contributed by atoms with van der Waals surface area (Å²) in [6.45, 7) is 2.31. The summed E-state index contributed by atoms with van der Waals surface area (Å²) in [7, 11) is 3.20. The summed E-state index contributed by atoms with van der Waals surface area (Å²) in [5, 5.41) is 3.74. The number of hydrogen-bond donors (Lipinski definition) is 1. The van der Waals surface area contributed by atoms with Crippen molar-refractivity contribution in [3.63, 3.8) is 0 Å². The molecule has 0 aliphatic heterocycles. The minimum absolute atomic E-state index is 0.0292. The molecule has 8 heteroatoms. The second-order valence-corrected chi connectivity index (χ2v) is 8.61. The largest absolute Gasteiger partial charge is 0.497 e. The van der Waals surface area contributed by atoms with E-state index in [9.17, 15) is 9.59 Å². The second-order valence-electron chi connectivity index (χ2n) is 8.61. The molecule has 0 aliphatic rings. The fourth-order valence-electron chi connectivity index (χ4n) is 4.34. The topological polar surface area (TPSA) is 87.4 Å². The Balaban J connectivity index is 1.54. The molecule has 0 unspecified atom stereocenters. The first-order valence-electron chi connectivity index (χ1n) is 11.5. The van der Waals surface area contributed by atoms with Gasteiger partial charge >= 0.3 is 0 Å². The minimum atomic E-state index is -0.246. The normalized spacial score (nSPS) is 11.1. The Morgan fingerprint density at radius 1 is 0.944 bits per heavy atom. The lowest BCUT2D eigenvalue weighted by molar-refractivity contribution is -0.116. The van der Waals surface area contributed by atoms with Crippen LogP contribution in [0.1, 0.15) is 11.1 Å². The van der Waals surface area contributed by atoms with E-state index in [0.717, 1.165) is 27.8 Å². The average molecular weight is 483 g/mol. The standard InChI is InChI=1S/C28H26N4O4/c1-18-4-13-24-23(14-18)26-27(32(24)16-25(33)30-20-7-11-22(36-3)12-8-20)28(34)31(17-29-26)15-19-5-9-21(35-2)10-6-19/h4-14,17H,15-16H2,1-3H3,(H,30,33). The molecule has 0 aliphatic carbocycles. The van der Waals surface area contributed by atoms with Crippen LogP contribution >= 0.6 is 0 Å². The van der Waals surface area contributed by atoms with Gasteiger partial charge in [-0.25, -0.2) is 4.98 Å². The van der Waals surface area contributed by atoms with Crippen molar-refractivity contribution in [3.8, 4) is 11.5 Å². The average Bonchev–Trinajstić information content (AvgIpc) is 3.19. The molecule has 8 nitrogen and oxygen atoms in total. The predicted octanol–water partition coefficient (Wildman–Crippen LogP) is 4.36. The van der Waals surface area contributed by atoms with Crippen molar-refractivity contribution in [1.29, 1.82) is 0 Å². The van der Waals surface area contributed by atoms with E-state index in [-0.39, 0.29) is 18.0 Å². The summed E-state index contributed by atoms with van der Waals surface area (Å²) in [6, 6.07) is 20.5. The van der Waals surface area contributed by atoms with Crippen molar-refractivity contribution in [2.24, 2.45) is 0 Å². The van der Waals surface area contributed by atoms with Crippen LogP contribution in [0.15, 0.2) is 77.9 Å². The van der Waals surface area contributed by atoms with Crippen LogP contribution in [0, 0.1) is 6.92 Å². The zero-order chi connectivity index (χ0) is 25.2. The number of ether oxygens (including phenoxy) is 2. The predicted molar refractivity (Wildman–Crippen MR) is 140 cm³/mol. The van der Waals surface area contributed by atoms with Gasteiger partial charge in [-0.2, -0.15) is 0 Å². The van der Waals surface area contributed by atoms with Crippen molar-refractivity contribution in [1.82, 2.24) is 14.1 Å². The van der Waals surface area contributed by atoms with E-state index in [1.807, 2.05) is 49.4 Å². The van der Waals surface area contributed by atoms with Gasteiger partial charge in [0.15, 0.2) is 0 Å². The van der Waals surface area contributed by atoms with E-state index in [1.165, 1.54) is 0 Å². The van der Waals surface area contributed by atoms with Crippen LogP contribution in [-0.4, -0.2) is 34.2 Å². The fraction of sp³-hybridized carbons (Fsp3) is 0.179. The lowest BCUT2D eigenvalue weighted by Gasteiger charge is -2.10. The van der Waals surface area contributed by atoms with E-state index in [0.29, 0.717) is 29.0 Å². The Labute approximate surface area is 207 Å². The number of anilines is 1. The molecule has 0 saturated carbocycles. The number of fused-ring (bicyclic) bond motifs is 3. The number of nitrogens with zero attached hydrogens (tertiary/aromatic N) is 3. The monoisotopic (exact) mass is 482 g/mol. The molecule has 36 heavy (non-hydrogen) atoms. The van der Waals surface area contributed by atoms with Crippen LogP contribution in [0.2, 0.25) is 0 Å². The summed E-state index contributed by atoms with van der Waals surface area (Å²) in [5.41, 5.74) is 4.20. The summed E-state index contributed by atoms with van der Waals surface area (Å²) >= 11 is 0. The van der Waals surface area contributed by atoms with E-state index >= 15 is 0 Å². The smallest absolute Gasteiger partial charge is 0.278 e. The van der Waals surface area contributed by atoms with Gasteiger partial charge in [0.2, 0.25) is 5.91 Å². The number of amides is 1. The second kappa shape index (κ2) is 9.58. The van der Waals surface area contributed by atoms with Gasteiger partial charge in [0.05, 0.1) is 32.6 Å². The molecular weight excluding hydrogens is 456 g/mol. The molecule has 1 N–H and O–H groups in total. The Morgan fingerprint density at radius 2 is 1.61 bits per heavy atom. The molecule has 0 fully saturated rings. The van der Waals surface area contributed by atoms with Crippen LogP contribution in [0.3, 0.4) is 0 Å². The molecule has 182 valence electrons. The van der Waals surface area contributed by atoms with E-state index < -0.39 is 0 Å². The highest BCUT2D eigenvalue weighted by atomic mass is 16.5. The number of hydrogen-bond acceptors (Lipinski definition) is 5. The zero-order valence-electron chi connectivity index (χ0n) is 20.3. The van der Waals surface area contributed by atoms with E-state index in [1.54, 1.807) is 53.9 Å².